The Kier molecular flexibility index (Phi) is 4.57. The van der Waals surface area contributed by atoms with Gasteiger partial charge in [-0.15, -0.1) is 5.10 Å². The van der Waals surface area contributed by atoms with Gasteiger partial charge in [0.25, 0.3) is 0 Å². The smallest absolute Gasteiger partial charge is 0.410 e. The molecule has 1 saturated heterocycles. The molecule has 2 heterocycles. The third kappa shape index (κ3) is 3.74. The van der Waals surface area contributed by atoms with E-state index in [1.807, 2.05) is 27.8 Å². The summed E-state index contributed by atoms with van der Waals surface area (Å²) in [5.41, 5.74) is 6.70. The van der Waals surface area contributed by atoms with E-state index in [9.17, 15) is 4.79 Å². The highest BCUT2D eigenvalue weighted by Crippen LogP contribution is 2.31. The van der Waals surface area contributed by atoms with Crippen molar-refractivity contribution in [2.24, 2.45) is 18.7 Å². The van der Waals surface area contributed by atoms with Crippen LogP contribution in [0.4, 0.5) is 4.79 Å². The minimum absolute atomic E-state index is 0.172. The van der Waals surface area contributed by atoms with Gasteiger partial charge >= 0.3 is 6.09 Å². The van der Waals surface area contributed by atoms with Crippen molar-refractivity contribution < 1.29 is 9.53 Å². The van der Waals surface area contributed by atoms with Crippen LogP contribution in [0.2, 0.25) is 0 Å². The lowest BCUT2D eigenvalue weighted by Gasteiger charge is -2.25. The number of halogens is 1. The second-order valence-electron chi connectivity index (χ2n) is 6.39. The molecule has 2 N–H and O–H groups in total. The van der Waals surface area contributed by atoms with E-state index in [0.717, 1.165) is 12.1 Å². The molecular weight excluding hydrogens is 338 g/mol. The highest BCUT2D eigenvalue weighted by atomic mass is 79.9. The first-order valence-corrected chi connectivity index (χ1v) is 7.77. The first kappa shape index (κ1) is 16.2. The average Bonchev–Trinajstić information content (AvgIpc) is 2.94. The van der Waals surface area contributed by atoms with Gasteiger partial charge < -0.3 is 15.4 Å². The van der Waals surface area contributed by atoms with E-state index in [4.69, 9.17) is 10.5 Å². The number of nitrogens with zero attached hydrogens (tertiary/aromatic N) is 4. The molecule has 0 spiro atoms. The molecule has 118 valence electrons. The number of carbonyl (C=O) groups is 1. The second-order valence-corrected chi connectivity index (χ2v) is 7.14. The average molecular weight is 360 g/mol. The zero-order chi connectivity index (χ0) is 15.8. The molecule has 1 aromatic heterocycles. The molecule has 0 bridgehead atoms. The molecule has 2 unspecified atom stereocenters. The number of carbonyl (C=O) groups excluding carboxylic acids is 1. The minimum atomic E-state index is -0.480. The van der Waals surface area contributed by atoms with Crippen LogP contribution in [-0.4, -0.2) is 44.7 Å². The van der Waals surface area contributed by atoms with Crippen LogP contribution < -0.4 is 5.73 Å². The lowest BCUT2D eigenvalue weighted by molar-refractivity contribution is 0.0286. The summed E-state index contributed by atoms with van der Waals surface area (Å²) in [6.45, 7) is 6.84. The summed E-state index contributed by atoms with van der Waals surface area (Å²) in [4.78, 5) is 13.8. The monoisotopic (exact) mass is 359 g/mol. The predicted octanol–water partition coefficient (Wildman–Crippen LogP) is 1.83. The fourth-order valence-corrected chi connectivity index (χ4v) is 3.08. The highest BCUT2D eigenvalue weighted by Gasteiger charge is 2.35. The largest absolute Gasteiger partial charge is 0.444 e. The summed E-state index contributed by atoms with van der Waals surface area (Å²) in [5, 5.41) is 7.90. The number of amides is 1. The number of hydrogen-bond donors (Lipinski definition) is 1. The van der Waals surface area contributed by atoms with Crippen LogP contribution in [0.15, 0.2) is 4.60 Å². The topological polar surface area (TPSA) is 86.3 Å². The van der Waals surface area contributed by atoms with Crippen LogP contribution in [0.25, 0.3) is 0 Å². The van der Waals surface area contributed by atoms with Crippen LogP contribution in [0.3, 0.4) is 0 Å². The zero-order valence-electron chi connectivity index (χ0n) is 12.8. The van der Waals surface area contributed by atoms with Gasteiger partial charge in [-0.25, -0.2) is 9.48 Å². The Bertz CT molecular complexity index is 506. The van der Waals surface area contributed by atoms with Crippen molar-refractivity contribution in [1.82, 2.24) is 19.9 Å². The molecule has 1 aromatic rings. The van der Waals surface area contributed by atoms with E-state index < -0.39 is 5.60 Å². The third-order valence-electron chi connectivity index (χ3n) is 3.53. The summed E-state index contributed by atoms with van der Waals surface area (Å²) >= 11 is 3.37. The second kappa shape index (κ2) is 5.92. The van der Waals surface area contributed by atoms with Gasteiger partial charge in [0.05, 0.1) is 11.7 Å². The molecule has 1 aliphatic heterocycles. The van der Waals surface area contributed by atoms with Gasteiger partial charge in [0.2, 0.25) is 0 Å². The Balaban J connectivity index is 2.01. The van der Waals surface area contributed by atoms with Crippen molar-refractivity contribution >= 4 is 22.0 Å². The van der Waals surface area contributed by atoms with Crippen molar-refractivity contribution in [1.29, 1.82) is 0 Å². The standard InChI is InChI=1S/C13H22BrN5O2/c1-13(2,3)21-12(20)19-6-5-8(7-19)9(15)10-11(14)16-17-18(10)4/h8-9H,5-7,15H2,1-4H3. The molecule has 7 nitrogen and oxygen atoms in total. The number of nitrogens with two attached hydrogens (primary N) is 1. The summed E-state index contributed by atoms with van der Waals surface area (Å²) in [7, 11) is 1.81. The molecule has 21 heavy (non-hydrogen) atoms. The Morgan fingerprint density at radius 3 is 2.71 bits per heavy atom. The van der Waals surface area contributed by atoms with Gasteiger partial charge in [-0.1, -0.05) is 5.21 Å². The number of likely N-dealkylation sites (tertiary alicyclic amines) is 1. The van der Waals surface area contributed by atoms with E-state index in [-0.39, 0.29) is 18.1 Å². The molecule has 8 heteroatoms. The van der Waals surface area contributed by atoms with Crippen molar-refractivity contribution in [3.8, 4) is 0 Å². The van der Waals surface area contributed by atoms with Gasteiger partial charge in [-0.3, -0.25) is 0 Å². The molecule has 2 atom stereocenters. The number of hydrogen-bond acceptors (Lipinski definition) is 5. The Labute approximate surface area is 132 Å². The summed E-state index contributed by atoms with van der Waals surface area (Å²) in [5.74, 6) is 0.172. The molecular formula is C13H22BrN5O2. The van der Waals surface area contributed by atoms with Gasteiger partial charge in [0.1, 0.15) is 5.60 Å². The van der Waals surface area contributed by atoms with Crippen molar-refractivity contribution in [3.05, 3.63) is 10.3 Å². The number of ether oxygens (including phenoxy) is 1. The van der Waals surface area contributed by atoms with Crippen LogP contribution in [-0.2, 0) is 11.8 Å². The number of rotatable bonds is 2. The molecule has 1 aliphatic rings. The minimum Gasteiger partial charge on any atom is -0.444 e. The summed E-state index contributed by atoms with van der Waals surface area (Å²) in [6.07, 6.45) is 0.567. The van der Waals surface area contributed by atoms with E-state index in [0.29, 0.717) is 17.7 Å². The first-order chi connectivity index (χ1) is 9.69. The maximum atomic E-state index is 12.1. The maximum absolute atomic E-state index is 12.1. The Hall–Kier alpha value is -1.15. The molecule has 0 radical (unpaired) electrons. The van der Waals surface area contributed by atoms with Gasteiger partial charge in [0.15, 0.2) is 4.60 Å². The van der Waals surface area contributed by atoms with Crippen LogP contribution in [0.1, 0.15) is 38.9 Å². The Morgan fingerprint density at radius 2 is 2.19 bits per heavy atom. The van der Waals surface area contributed by atoms with E-state index >= 15 is 0 Å². The quantitative estimate of drug-likeness (QED) is 0.870. The fourth-order valence-electron chi connectivity index (χ4n) is 2.49. The molecule has 0 aliphatic carbocycles. The number of aromatic nitrogens is 3. The molecule has 1 amide bonds. The predicted molar refractivity (Wildman–Crippen MR) is 81.5 cm³/mol. The maximum Gasteiger partial charge on any atom is 0.410 e. The van der Waals surface area contributed by atoms with E-state index in [2.05, 4.69) is 26.2 Å². The van der Waals surface area contributed by atoms with Crippen molar-refractivity contribution in [3.63, 3.8) is 0 Å². The highest BCUT2D eigenvalue weighted by molar-refractivity contribution is 9.10. The first-order valence-electron chi connectivity index (χ1n) is 6.97. The lowest BCUT2D eigenvalue weighted by atomic mass is 9.97. The fraction of sp³-hybridized carbons (Fsp3) is 0.769. The number of aryl methyl sites for hydroxylation is 1. The lowest BCUT2D eigenvalue weighted by Crippen LogP contribution is -2.36. The van der Waals surface area contributed by atoms with Crippen molar-refractivity contribution in [2.75, 3.05) is 13.1 Å². The normalized spacial score (nSPS) is 20.7. The van der Waals surface area contributed by atoms with Crippen LogP contribution in [0, 0.1) is 5.92 Å². The molecule has 1 fully saturated rings. The zero-order valence-corrected chi connectivity index (χ0v) is 14.4. The summed E-state index contributed by atoms with van der Waals surface area (Å²) < 4.78 is 7.73. The van der Waals surface area contributed by atoms with Crippen LogP contribution >= 0.6 is 15.9 Å². The van der Waals surface area contributed by atoms with Gasteiger partial charge in [-0.05, 0) is 49.0 Å². The Morgan fingerprint density at radius 1 is 1.52 bits per heavy atom. The summed E-state index contributed by atoms with van der Waals surface area (Å²) in [6, 6.07) is -0.216. The molecule has 0 aromatic carbocycles. The van der Waals surface area contributed by atoms with E-state index in [1.54, 1.807) is 9.58 Å². The van der Waals surface area contributed by atoms with Crippen molar-refractivity contribution in [2.45, 2.75) is 38.8 Å². The molecule has 2 rings (SSSR count). The van der Waals surface area contributed by atoms with Gasteiger partial charge in [0, 0.05) is 20.1 Å². The third-order valence-corrected chi connectivity index (χ3v) is 4.09. The van der Waals surface area contributed by atoms with Gasteiger partial charge in [-0.2, -0.15) is 0 Å². The SMILES string of the molecule is Cn1nnc(Br)c1C(N)C1CCN(C(=O)OC(C)(C)C)C1. The molecule has 0 saturated carbocycles. The van der Waals surface area contributed by atoms with Crippen LogP contribution in [0.5, 0.6) is 0 Å². The van der Waals surface area contributed by atoms with E-state index in [1.165, 1.54) is 0 Å².